The Morgan fingerprint density at radius 3 is 2.78 bits per heavy atom. The van der Waals surface area contributed by atoms with Crippen LogP contribution >= 0.6 is 34.2 Å². The molecule has 23 heavy (non-hydrogen) atoms. The number of rotatable bonds is 4. The van der Waals surface area contributed by atoms with Gasteiger partial charge in [-0.25, -0.2) is 4.98 Å². The predicted molar refractivity (Wildman–Crippen MR) is 99.1 cm³/mol. The van der Waals surface area contributed by atoms with Crippen LogP contribution in [-0.4, -0.2) is 10.9 Å². The molecule has 7 heteroatoms. The van der Waals surface area contributed by atoms with Gasteiger partial charge in [0, 0.05) is 21.7 Å². The van der Waals surface area contributed by atoms with Crippen molar-refractivity contribution >= 4 is 51.6 Å². The molecular formula is C16H12ClIN4O. The Bertz CT molecular complexity index is 797. The maximum absolute atomic E-state index is 12.2. The van der Waals surface area contributed by atoms with Crippen molar-refractivity contribution in [2.75, 3.05) is 10.6 Å². The molecule has 0 unspecified atom stereocenters. The number of benzene rings is 1. The SMILES string of the molecule is Cc1cc(I)ccc1NC(=O)/C(C#N)=C\Nc1ccc(Cl)cn1. The molecule has 2 N–H and O–H groups in total. The van der Waals surface area contributed by atoms with Gasteiger partial charge in [0.2, 0.25) is 0 Å². The van der Waals surface area contributed by atoms with Gasteiger partial charge < -0.3 is 10.6 Å². The van der Waals surface area contributed by atoms with Crippen LogP contribution in [0.5, 0.6) is 0 Å². The number of nitriles is 1. The third kappa shape index (κ3) is 4.94. The highest BCUT2D eigenvalue weighted by Gasteiger charge is 2.10. The van der Waals surface area contributed by atoms with E-state index in [1.165, 1.54) is 12.4 Å². The van der Waals surface area contributed by atoms with Gasteiger partial charge in [0.25, 0.3) is 5.91 Å². The van der Waals surface area contributed by atoms with Crippen LogP contribution in [0.1, 0.15) is 5.56 Å². The van der Waals surface area contributed by atoms with Crippen LogP contribution in [0.4, 0.5) is 11.5 Å². The molecule has 1 amide bonds. The maximum Gasteiger partial charge on any atom is 0.267 e. The number of nitrogens with zero attached hydrogens (tertiary/aromatic N) is 2. The molecule has 0 aliphatic rings. The third-order valence-corrected chi connectivity index (χ3v) is 3.79. The number of anilines is 2. The maximum atomic E-state index is 12.2. The van der Waals surface area contributed by atoms with E-state index in [4.69, 9.17) is 16.9 Å². The number of aryl methyl sites for hydroxylation is 1. The van der Waals surface area contributed by atoms with Gasteiger partial charge in [0.1, 0.15) is 17.5 Å². The molecule has 1 aromatic carbocycles. The minimum absolute atomic E-state index is 0.0558. The third-order valence-electron chi connectivity index (χ3n) is 2.89. The van der Waals surface area contributed by atoms with Crippen molar-refractivity contribution in [3.63, 3.8) is 0 Å². The number of carbonyl (C=O) groups excluding carboxylic acids is 1. The summed E-state index contributed by atoms with van der Waals surface area (Å²) >= 11 is 7.94. The van der Waals surface area contributed by atoms with Crippen molar-refractivity contribution in [3.05, 3.63) is 62.5 Å². The molecule has 0 aliphatic carbocycles. The minimum atomic E-state index is -0.488. The van der Waals surface area contributed by atoms with E-state index in [0.29, 0.717) is 16.5 Å². The van der Waals surface area contributed by atoms with Gasteiger partial charge in [0.05, 0.1) is 5.02 Å². The van der Waals surface area contributed by atoms with Crippen molar-refractivity contribution in [2.45, 2.75) is 6.92 Å². The number of pyridine rings is 1. The lowest BCUT2D eigenvalue weighted by Gasteiger charge is -2.08. The van der Waals surface area contributed by atoms with E-state index in [-0.39, 0.29) is 5.57 Å². The average Bonchev–Trinajstić information content (AvgIpc) is 2.52. The van der Waals surface area contributed by atoms with Crippen LogP contribution in [-0.2, 0) is 4.79 Å². The van der Waals surface area contributed by atoms with E-state index < -0.39 is 5.91 Å². The Hall–Kier alpha value is -2.11. The second-order valence-electron chi connectivity index (χ2n) is 4.59. The highest BCUT2D eigenvalue weighted by molar-refractivity contribution is 14.1. The van der Waals surface area contributed by atoms with E-state index in [2.05, 4.69) is 38.2 Å². The molecule has 2 rings (SSSR count). The van der Waals surface area contributed by atoms with Gasteiger partial charge >= 0.3 is 0 Å². The smallest absolute Gasteiger partial charge is 0.267 e. The molecule has 1 heterocycles. The number of hydrogen-bond acceptors (Lipinski definition) is 4. The molecule has 0 spiro atoms. The standard InChI is InChI=1S/C16H12ClIN4O/c1-10-6-13(18)3-4-14(10)22-16(23)11(7-19)8-20-15-5-2-12(17)9-21-15/h2-6,8-9H,1H3,(H,20,21)(H,22,23)/b11-8-. The van der Waals surface area contributed by atoms with Crippen LogP contribution in [0.15, 0.2) is 48.3 Å². The summed E-state index contributed by atoms with van der Waals surface area (Å²) in [6.07, 6.45) is 2.78. The second-order valence-corrected chi connectivity index (χ2v) is 6.27. The van der Waals surface area contributed by atoms with Crippen LogP contribution in [0, 0.1) is 21.8 Å². The summed E-state index contributed by atoms with van der Waals surface area (Å²) in [6, 6.07) is 10.8. The van der Waals surface area contributed by atoms with E-state index in [1.54, 1.807) is 18.2 Å². The topological polar surface area (TPSA) is 77.8 Å². The van der Waals surface area contributed by atoms with Crippen molar-refractivity contribution < 1.29 is 4.79 Å². The first-order valence-electron chi connectivity index (χ1n) is 6.55. The first-order chi connectivity index (χ1) is 11.0. The molecule has 0 aliphatic heterocycles. The summed E-state index contributed by atoms with van der Waals surface area (Å²) < 4.78 is 1.07. The summed E-state index contributed by atoms with van der Waals surface area (Å²) in [5, 5.41) is 15.2. The Kier molecular flexibility index (Phi) is 5.96. The molecule has 0 saturated carbocycles. The molecule has 0 radical (unpaired) electrons. The average molecular weight is 439 g/mol. The number of carbonyl (C=O) groups is 1. The molecule has 5 nitrogen and oxygen atoms in total. The predicted octanol–water partition coefficient (Wildman–Crippen LogP) is 4.11. The molecule has 0 bridgehead atoms. The minimum Gasteiger partial charge on any atom is -0.345 e. The number of halogens is 2. The fourth-order valence-corrected chi connectivity index (χ4v) is 2.47. The monoisotopic (exact) mass is 438 g/mol. The highest BCUT2D eigenvalue weighted by atomic mass is 127. The van der Waals surface area contributed by atoms with Crippen molar-refractivity contribution in [1.29, 1.82) is 5.26 Å². The number of hydrogen-bond donors (Lipinski definition) is 2. The van der Waals surface area contributed by atoms with Crippen molar-refractivity contribution in [1.82, 2.24) is 4.98 Å². The highest BCUT2D eigenvalue weighted by Crippen LogP contribution is 2.18. The van der Waals surface area contributed by atoms with Crippen molar-refractivity contribution in [3.8, 4) is 6.07 Å². The Morgan fingerprint density at radius 2 is 2.17 bits per heavy atom. The van der Waals surface area contributed by atoms with Crippen LogP contribution < -0.4 is 10.6 Å². The van der Waals surface area contributed by atoms with Gasteiger partial charge in [-0.05, 0) is 65.4 Å². The lowest BCUT2D eigenvalue weighted by atomic mass is 10.2. The molecule has 2 aromatic rings. The molecular weight excluding hydrogens is 427 g/mol. The molecule has 0 atom stereocenters. The lowest BCUT2D eigenvalue weighted by Crippen LogP contribution is -2.15. The second kappa shape index (κ2) is 7.94. The van der Waals surface area contributed by atoms with Gasteiger partial charge in [-0.3, -0.25) is 4.79 Å². The van der Waals surface area contributed by atoms with E-state index in [1.807, 2.05) is 25.1 Å². The summed E-state index contributed by atoms with van der Waals surface area (Å²) in [6.45, 7) is 1.89. The Labute approximate surface area is 152 Å². The Balaban J connectivity index is 2.10. The number of nitrogens with one attached hydrogen (secondary N) is 2. The quantitative estimate of drug-likeness (QED) is 0.428. The zero-order valence-electron chi connectivity index (χ0n) is 12.1. The zero-order valence-corrected chi connectivity index (χ0v) is 15.0. The summed E-state index contributed by atoms with van der Waals surface area (Å²) in [4.78, 5) is 16.2. The van der Waals surface area contributed by atoms with E-state index in [0.717, 1.165) is 9.13 Å². The lowest BCUT2D eigenvalue weighted by molar-refractivity contribution is -0.112. The molecule has 0 saturated heterocycles. The van der Waals surface area contributed by atoms with Crippen LogP contribution in [0.25, 0.3) is 0 Å². The van der Waals surface area contributed by atoms with E-state index in [9.17, 15) is 4.79 Å². The molecule has 0 fully saturated rings. The first-order valence-corrected chi connectivity index (χ1v) is 8.01. The normalized spacial score (nSPS) is 10.8. The van der Waals surface area contributed by atoms with Gasteiger partial charge in [-0.2, -0.15) is 5.26 Å². The van der Waals surface area contributed by atoms with Crippen molar-refractivity contribution in [2.24, 2.45) is 0 Å². The zero-order chi connectivity index (χ0) is 16.8. The number of aromatic nitrogens is 1. The van der Waals surface area contributed by atoms with Crippen LogP contribution in [0.2, 0.25) is 5.02 Å². The Morgan fingerprint density at radius 1 is 1.39 bits per heavy atom. The first kappa shape index (κ1) is 17.2. The molecule has 1 aromatic heterocycles. The summed E-state index contributed by atoms with van der Waals surface area (Å²) in [5.41, 5.74) is 1.54. The van der Waals surface area contributed by atoms with Gasteiger partial charge in [0.15, 0.2) is 0 Å². The molecule has 116 valence electrons. The van der Waals surface area contributed by atoms with Gasteiger partial charge in [-0.15, -0.1) is 0 Å². The van der Waals surface area contributed by atoms with E-state index >= 15 is 0 Å². The summed E-state index contributed by atoms with van der Waals surface area (Å²) in [5.74, 6) is -0.00123. The largest absolute Gasteiger partial charge is 0.345 e. The summed E-state index contributed by atoms with van der Waals surface area (Å²) in [7, 11) is 0. The fourth-order valence-electron chi connectivity index (χ4n) is 1.71. The number of amides is 1. The van der Waals surface area contributed by atoms with Crippen LogP contribution in [0.3, 0.4) is 0 Å². The fraction of sp³-hybridized carbons (Fsp3) is 0.0625. The van der Waals surface area contributed by atoms with Gasteiger partial charge in [-0.1, -0.05) is 11.6 Å².